The lowest BCUT2D eigenvalue weighted by Gasteiger charge is -2.39. The Balaban J connectivity index is 1.87. The van der Waals surface area contributed by atoms with E-state index in [4.69, 9.17) is 33.7 Å². The number of benzene rings is 2. The van der Waals surface area contributed by atoms with Crippen molar-refractivity contribution in [2.24, 2.45) is 5.73 Å². The number of rotatable bonds is 5. The molecular weight excluding hydrogens is 447 g/mol. The molecular formula is C24H22Cl2N4O2. The Morgan fingerprint density at radius 3 is 2.53 bits per heavy atom. The highest BCUT2D eigenvalue weighted by Gasteiger charge is 2.40. The number of hydrazine groups is 1. The lowest BCUT2D eigenvalue weighted by Crippen LogP contribution is -2.41. The summed E-state index contributed by atoms with van der Waals surface area (Å²) in [5.41, 5.74) is 12.7. The molecule has 0 bridgehead atoms. The third-order valence-corrected chi connectivity index (χ3v) is 6.13. The summed E-state index contributed by atoms with van der Waals surface area (Å²) in [6, 6.07) is 15.1. The molecule has 1 aliphatic carbocycles. The van der Waals surface area contributed by atoms with Gasteiger partial charge in [0.2, 0.25) is 0 Å². The van der Waals surface area contributed by atoms with Gasteiger partial charge in [-0.2, -0.15) is 5.26 Å². The van der Waals surface area contributed by atoms with Crippen LogP contribution >= 0.6 is 23.2 Å². The number of ketones is 1. The maximum atomic E-state index is 13.1. The van der Waals surface area contributed by atoms with Crippen LogP contribution in [0.4, 0.5) is 5.69 Å². The van der Waals surface area contributed by atoms with Gasteiger partial charge in [0.05, 0.1) is 39.9 Å². The van der Waals surface area contributed by atoms with Crippen LogP contribution in [0.3, 0.4) is 0 Å². The molecule has 0 saturated carbocycles. The Hall–Kier alpha value is -3.14. The smallest absolute Gasteiger partial charge is 0.161 e. The van der Waals surface area contributed by atoms with Gasteiger partial charge in [-0.25, -0.2) is 5.01 Å². The zero-order chi connectivity index (χ0) is 22.8. The van der Waals surface area contributed by atoms with Crippen LogP contribution in [0.5, 0.6) is 5.75 Å². The number of halogens is 2. The molecule has 0 saturated heterocycles. The predicted octanol–water partition coefficient (Wildman–Crippen LogP) is 5.52. The van der Waals surface area contributed by atoms with Gasteiger partial charge < -0.3 is 10.5 Å². The molecule has 6 nitrogen and oxygen atoms in total. The fourth-order valence-corrected chi connectivity index (χ4v) is 4.83. The number of nitrogens with one attached hydrogen (secondary N) is 1. The van der Waals surface area contributed by atoms with Gasteiger partial charge in [-0.05, 0) is 49.6 Å². The molecule has 164 valence electrons. The van der Waals surface area contributed by atoms with Crippen molar-refractivity contribution in [3.63, 3.8) is 0 Å². The number of carbonyl (C=O) groups excluding carboxylic acids is 1. The van der Waals surface area contributed by atoms with E-state index in [-0.39, 0.29) is 17.2 Å². The summed E-state index contributed by atoms with van der Waals surface area (Å²) in [5, 5.41) is 12.4. The zero-order valence-corrected chi connectivity index (χ0v) is 19.0. The van der Waals surface area contributed by atoms with Gasteiger partial charge in [-0.1, -0.05) is 41.4 Å². The summed E-state index contributed by atoms with van der Waals surface area (Å²) < 4.78 is 5.53. The molecule has 2 aromatic rings. The van der Waals surface area contributed by atoms with Crippen LogP contribution in [0.15, 0.2) is 65.1 Å². The normalized spacial score (nSPS) is 18.4. The Morgan fingerprint density at radius 2 is 1.91 bits per heavy atom. The van der Waals surface area contributed by atoms with Gasteiger partial charge in [0, 0.05) is 17.7 Å². The quantitative estimate of drug-likeness (QED) is 0.599. The van der Waals surface area contributed by atoms with E-state index in [0.29, 0.717) is 52.8 Å². The van der Waals surface area contributed by atoms with Gasteiger partial charge in [0.15, 0.2) is 11.5 Å². The number of Topliss-reactive ketones (excluding diaryl/α,β-unsaturated/α-hetero) is 1. The van der Waals surface area contributed by atoms with Crippen molar-refractivity contribution >= 4 is 34.7 Å². The number of nitrogens with two attached hydrogens (primary N) is 1. The Labute approximate surface area is 196 Å². The van der Waals surface area contributed by atoms with Crippen LogP contribution in [-0.2, 0) is 4.79 Å². The minimum Gasteiger partial charge on any atom is -0.491 e. The molecule has 0 spiro atoms. The van der Waals surface area contributed by atoms with Gasteiger partial charge in [-0.15, -0.1) is 0 Å². The van der Waals surface area contributed by atoms with E-state index in [2.05, 4.69) is 11.5 Å². The van der Waals surface area contributed by atoms with E-state index in [1.807, 2.05) is 37.3 Å². The van der Waals surface area contributed by atoms with E-state index in [1.165, 1.54) is 0 Å². The summed E-state index contributed by atoms with van der Waals surface area (Å²) >= 11 is 12.9. The lowest BCUT2D eigenvalue weighted by molar-refractivity contribution is -0.116. The summed E-state index contributed by atoms with van der Waals surface area (Å²) in [6.45, 7) is 2.25. The van der Waals surface area contributed by atoms with E-state index in [0.717, 1.165) is 11.4 Å². The number of hydrogen-bond acceptors (Lipinski definition) is 6. The molecule has 0 amide bonds. The van der Waals surface area contributed by atoms with Crippen molar-refractivity contribution < 1.29 is 9.53 Å². The maximum Gasteiger partial charge on any atom is 0.161 e. The Morgan fingerprint density at radius 1 is 1.22 bits per heavy atom. The number of para-hydroxylation sites is 1. The average molecular weight is 469 g/mol. The third-order valence-electron chi connectivity index (χ3n) is 5.57. The molecule has 4 rings (SSSR count). The van der Waals surface area contributed by atoms with Crippen LogP contribution in [0.2, 0.25) is 10.0 Å². The molecule has 0 fully saturated rings. The number of carbonyl (C=O) groups is 1. The lowest BCUT2D eigenvalue weighted by atomic mass is 9.76. The van der Waals surface area contributed by atoms with E-state index in [9.17, 15) is 10.1 Å². The first kappa shape index (κ1) is 22.1. The van der Waals surface area contributed by atoms with E-state index < -0.39 is 5.92 Å². The molecule has 32 heavy (non-hydrogen) atoms. The van der Waals surface area contributed by atoms with Crippen LogP contribution in [0.25, 0.3) is 0 Å². The van der Waals surface area contributed by atoms with Crippen molar-refractivity contribution in [2.45, 2.75) is 32.1 Å². The second kappa shape index (κ2) is 9.15. The number of nitriles is 1. The number of allylic oxidation sites excluding steroid dienone is 3. The predicted molar refractivity (Wildman–Crippen MR) is 125 cm³/mol. The molecule has 1 unspecified atom stereocenters. The van der Waals surface area contributed by atoms with Crippen molar-refractivity contribution in [3.8, 4) is 11.8 Å². The standard InChI is InChI=1S/C24H22Cl2N4O2/c1-2-32-23-17(25)11-14(12-18(23)26)21-16(13-27)24(28)30(29-15-7-4-3-5-8-15)19-9-6-10-20(31)22(19)21/h3-5,7-8,11-12,21,29H,2,6,9-10,28H2,1H3. The van der Waals surface area contributed by atoms with Gasteiger partial charge in [0.25, 0.3) is 0 Å². The van der Waals surface area contributed by atoms with Gasteiger partial charge >= 0.3 is 0 Å². The first-order valence-corrected chi connectivity index (χ1v) is 11.1. The minimum atomic E-state index is -0.651. The largest absolute Gasteiger partial charge is 0.491 e. The second-order valence-corrected chi connectivity index (χ2v) is 8.36. The molecule has 2 aliphatic rings. The molecule has 1 heterocycles. The second-order valence-electron chi connectivity index (χ2n) is 7.54. The summed E-state index contributed by atoms with van der Waals surface area (Å²) in [5.74, 6) is -0.0434. The molecule has 2 aromatic carbocycles. The van der Waals surface area contributed by atoms with Crippen LogP contribution in [0.1, 0.15) is 37.7 Å². The summed E-state index contributed by atoms with van der Waals surface area (Å²) in [6.07, 6.45) is 1.76. The zero-order valence-electron chi connectivity index (χ0n) is 17.5. The minimum absolute atomic E-state index is 0.0162. The fourth-order valence-electron chi connectivity index (χ4n) is 4.22. The van der Waals surface area contributed by atoms with Crippen molar-refractivity contribution in [2.75, 3.05) is 12.0 Å². The van der Waals surface area contributed by atoms with E-state index in [1.54, 1.807) is 17.1 Å². The van der Waals surface area contributed by atoms with Crippen LogP contribution in [-0.4, -0.2) is 17.4 Å². The van der Waals surface area contributed by atoms with Crippen LogP contribution in [0, 0.1) is 11.3 Å². The van der Waals surface area contributed by atoms with Crippen LogP contribution < -0.4 is 15.9 Å². The van der Waals surface area contributed by atoms with Crippen molar-refractivity contribution in [3.05, 3.63) is 80.7 Å². The number of ether oxygens (including phenoxy) is 1. The van der Waals surface area contributed by atoms with Crippen molar-refractivity contribution in [1.82, 2.24) is 5.01 Å². The molecule has 3 N–H and O–H groups in total. The first-order chi connectivity index (χ1) is 15.5. The fraction of sp³-hybridized carbons (Fsp3) is 0.250. The molecule has 1 aliphatic heterocycles. The SMILES string of the molecule is CCOc1c(Cl)cc(C2C(C#N)=C(N)N(Nc3ccccc3)C3=C2C(=O)CCC3)cc1Cl. The maximum absolute atomic E-state index is 13.1. The van der Waals surface area contributed by atoms with Gasteiger partial charge in [-0.3, -0.25) is 10.2 Å². The molecule has 8 heteroatoms. The molecule has 1 atom stereocenters. The summed E-state index contributed by atoms with van der Waals surface area (Å²) in [4.78, 5) is 13.1. The number of hydrogen-bond donors (Lipinski definition) is 2. The monoisotopic (exact) mass is 468 g/mol. The van der Waals surface area contributed by atoms with Gasteiger partial charge in [0.1, 0.15) is 5.82 Å². The average Bonchev–Trinajstić information content (AvgIpc) is 2.78. The highest BCUT2D eigenvalue weighted by molar-refractivity contribution is 6.37. The summed E-state index contributed by atoms with van der Waals surface area (Å²) in [7, 11) is 0. The first-order valence-electron chi connectivity index (χ1n) is 10.4. The number of anilines is 1. The molecule has 0 aromatic heterocycles. The number of nitrogens with zero attached hydrogens (tertiary/aromatic N) is 2. The highest BCUT2D eigenvalue weighted by atomic mass is 35.5. The Bertz CT molecular complexity index is 1150. The topological polar surface area (TPSA) is 91.4 Å². The molecule has 0 radical (unpaired) electrons. The third kappa shape index (κ3) is 3.90. The Kier molecular flexibility index (Phi) is 6.31. The highest BCUT2D eigenvalue weighted by Crippen LogP contribution is 2.47. The van der Waals surface area contributed by atoms with E-state index >= 15 is 0 Å². The van der Waals surface area contributed by atoms with Crippen molar-refractivity contribution in [1.29, 1.82) is 5.26 Å².